The molecule has 0 amide bonds. The largest absolute Gasteiger partial charge is 0.395 e. The van der Waals surface area contributed by atoms with E-state index in [9.17, 15) is 12.8 Å². The van der Waals surface area contributed by atoms with Gasteiger partial charge in [0.15, 0.2) is 5.15 Å². The van der Waals surface area contributed by atoms with Gasteiger partial charge in [-0.1, -0.05) is 29.3 Å². The Labute approximate surface area is 130 Å². The van der Waals surface area contributed by atoms with Crippen LogP contribution in [0.2, 0.25) is 10.3 Å². The zero-order valence-corrected chi connectivity index (χ0v) is 13.0. The van der Waals surface area contributed by atoms with Gasteiger partial charge in [-0.05, 0) is 30.7 Å². The van der Waals surface area contributed by atoms with Crippen molar-refractivity contribution >= 4 is 44.6 Å². The molecule has 0 radical (unpaired) electrons. The number of pyridine rings is 1. The van der Waals surface area contributed by atoms with E-state index in [2.05, 4.69) is 9.71 Å². The van der Waals surface area contributed by atoms with Crippen molar-refractivity contribution in [1.82, 2.24) is 4.98 Å². The fourth-order valence-corrected chi connectivity index (χ4v) is 3.57. The van der Waals surface area contributed by atoms with Gasteiger partial charge in [0, 0.05) is 0 Å². The Morgan fingerprint density at radius 3 is 2.62 bits per heavy atom. The lowest BCUT2D eigenvalue weighted by Crippen LogP contribution is -2.16. The smallest absolute Gasteiger partial charge is 0.264 e. The summed E-state index contributed by atoms with van der Waals surface area (Å²) < 4.78 is 40.2. The van der Waals surface area contributed by atoms with Crippen LogP contribution < -0.4 is 10.5 Å². The van der Waals surface area contributed by atoms with E-state index in [4.69, 9.17) is 28.9 Å². The number of sulfonamides is 1. The van der Waals surface area contributed by atoms with Gasteiger partial charge in [-0.25, -0.2) is 17.8 Å². The number of nitrogen functional groups attached to an aromatic ring is 1. The number of aryl methyl sites for hydroxylation is 1. The second kappa shape index (κ2) is 5.67. The maximum atomic E-state index is 13.4. The molecular formula is C12H10Cl2FN3O2S. The number of benzene rings is 1. The average Bonchev–Trinajstić information content (AvgIpc) is 2.37. The first-order valence-electron chi connectivity index (χ1n) is 5.62. The van der Waals surface area contributed by atoms with Crippen LogP contribution in [-0.4, -0.2) is 13.4 Å². The maximum absolute atomic E-state index is 13.4. The number of hydrogen-bond donors (Lipinski definition) is 2. The third-order valence-electron chi connectivity index (χ3n) is 2.68. The van der Waals surface area contributed by atoms with Gasteiger partial charge >= 0.3 is 0 Å². The molecule has 0 aliphatic heterocycles. The normalized spacial score (nSPS) is 11.4. The Balaban J connectivity index is 2.50. The first-order chi connectivity index (χ1) is 9.72. The summed E-state index contributed by atoms with van der Waals surface area (Å²) in [7, 11) is -4.11. The van der Waals surface area contributed by atoms with E-state index in [-0.39, 0.29) is 20.9 Å². The predicted octanol–water partition coefficient (Wildman–Crippen LogP) is 3.22. The van der Waals surface area contributed by atoms with Crippen molar-refractivity contribution in [3.05, 3.63) is 46.0 Å². The fourth-order valence-electron chi connectivity index (χ4n) is 1.66. The van der Waals surface area contributed by atoms with Gasteiger partial charge in [0.05, 0.1) is 11.4 Å². The molecule has 9 heteroatoms. The molecule has 5 nitrogen and oxygen atoms in total. The number of nitrogens with zero attached hydrogens (tertiary/aromatic N) is 1. The number of hydrogen-bond acceptors (Lipinski definition) is 4. The molecule has 112 valence electrons. The molecule has 21 heavy (non-hydrogen) atoms. The van der Waals surface area contributed by atoms with E-state index in [0.717, 1.165) is 6.07 Å². The van der Waals surface area contributed by atoms with Gasteiger partial charge in [-0.15, -0.1) is 0 Å². The quantitative estimate of drug-likeness (QED) is 0.658. The zero-order chi connectivity index (χ0) is 15.8. The van der Waals surface area contributed by atoms with Crippen LogP contribution in [0.4, 0.5) is 15.8 Å². The molecule has 2 aromatic rings. The van der Waals surface area contributed by atoms with Crippen molar-refractivity contribution in [2.24, 2.45) is 0 Å². The summed E-state index contributed by atoms with van der Waals surface area (Å²) in [6, 6.07) is 4.94. The minimum Gasteiger partial charge on any atom is -0.395 e. The lowest BCUT2D eigenvalue weighted by Gasteiger charge is -2.13. The number of nitrogens with one attached hydrogen (secondary N) is 1. The third kappa shape index (κ3) is 3.20. The number of nitrogens with two attached hydrogens (primary N) is 1. The molecule has 1 heterocycles. The fraction of sp³-hybridized carbons (Fsp3) is 0.0833. The Morgan fingerprint density at radius 1 is 1.33 bits per heavy atom. The lowest BCUT2D eigenvalue weighted by molar-refractivity contribution is 0.597. The van der Waals surface area contributed by atoms with Gasteiger partial charge in [-0.3, -0.25) is 4.72 Å². The summed E-state index contributed by atoms with van der Waals surface area (Å²) in [5.41, 5.74) is 5.52. The summed E-state index contributed by atoms with van der Waals surface area (Å²) in [6.07, 6.45) is 0. The number of halogens is 3. The molecule has 0 aliphatic rings. The number of anilines is 2. The van der Waals surface area contributed by atoms with Crippen LogP contribution in [0.1, 0.15) is 5.56 Å². The van der Waals surface area contributed by atoms with Gasteiger partial charge < -0.3 is 5.73 Å². The van der Waals surface area contributed by atoms with Crippen molar-refractivity contribution in [1.29, 1.82) is 0 Å². The first-order valence-corrected chi connectivity index (χ1v) is 7.85. The molecule has 0 saturated heterocycles. The second-order valence-electron chi connectivity index (χ2n) is 4.18. The first kappa shape index (κ1) is 15.8. The summed E-state index contributed by atoms with van der Waals surface area (Å²) in [6.45, 7) is 1.60. The summed E-state index contributed by atoms with van der Waals surface area (Å²) >= 11 is 11.6. The van der Waals surface area contributed by atoms with E-state index in [0.29, 0.717) is 5.56 Å². The van der Waals surface area contributed by atoms with E-state index in [1.807, 2.05) is 0 Å². The lowest BCUT2D eigenvalue weighted by atomic mass is 10.3. The molecule has 0 spiro atoms. The highest BCUT2D eigenvalue weighted by atomic mass is 35.5. The number of aromatic nitrogens is 1. The molecule has 1 aromatic carbocycles. The minimum absolute atomic E-state index is 0.0599. The molecule has 0 unspecified atom stereocenters. The maximum Gasteiger partial charge on any atom is 0.264 e. The highest BCUT2D eigenvalue weighted by molar-refractivity contribution is 7.92. The molecule has 3 N–H and O–H groups in total. The zero-order valence-electron chi connectivity index (χ0n) is 10.7. The highest BCUT2D eigenvalue weighted by Crippen LogP contribution is 2.30. The van der Waals surface area contributed by atoms with Crippen molar-refractivity contribution < 1.29 is 12.8 Å². The van der Waals surface area contributed by atoms with Crippen LogP contribution in [0.3, 0.4) is 0 Å². The minimum atomic E-state index is -4.11. The molecular weight excluding hydrogens is 340 g/mol. The van der Waals surface area contributed by atoms with Crippen molar-refractivity contribution in [3.8, 4) is 0 Å². The number of rotatable bonds is 3. The van der Waals surface area contributed by atoms with E-state index in [1.54, 1.807) is 6.92 Å². The monoisotopic (exact) mass is 349 g/mol. The van der Waals surface area contributed by atoms with Crippen LogP contribution in [0, 0.1) is 12.7 Å². The van der Waals surface area contributed by atoms with Crippen LogP contribution in [0.25, 0.3) is 0 Å². The Morgan fingerprint density at radius 2 is 2.00 bits per heavy atom. The van der Waals surface area contributed by atoms with Crippen molar-refractivity contribution in [2.75, 3.05) is 10.5 Å². The molecule has 0 aliphatic carbocycles. The topological polar surface area (TPSA) is 85.1 Å². The van der Waals surface area contributed by atoms with E-state index in [1.165, 1.54) is 18.2 Å². The molecule has 0 atom stereocenters. The predicted molar refractivity (Wildman–Crippen MR) is 80.6 cm³/mol. The van der Waals surface area contributed by atoms with Crippen LogP contribution >= 0.6 is 23.2 Å². The van der Waals surface area contributed by atoms with Gasteiger partial charge in [0.2, 0.25) is 0 Å². The number of para-hydroxylation sites is 1. The van der Waals surface area contributed by atoms with Crippen molar-refractivity contribution in [2.45, 2.75) is 11.8 Å². The van der Waals surface area contributed by atoms with Crippen LogP contribution in [-0.2, 0) is 10.0 Å². The van der Waals surface area contributed by atoms with Crippen LogP contribution in [0.15, 0.2) is 29.2 Å². The van der Waals surface area contributed by atoms with Gasteiger partial charge in [0.1, 0.15) is 15.9 Å². The summed E-state index contributed by atoms with van der Waals surface area (Å²) in [5.74, 6) is -0.824. The second-order valence-corrected chi connectivity index (χ2v) is 6.58. The highest BCUT2D eigenvalue weighted by Gasteiger charge is 2.22. The Kier molecular flexibility index (Phi) is 4.27. The summed E-state index contributed by atoms with van der Waals surface area (Å²) in [5, 5.41) is 0.0178. The van der Waals surface area contributed by atoms with E-state index >= 15 is 0 Å². The molecule has 0 fully saturated rings. The Hall–Kier alpha value is -1.57. The molecule has 0 bridgehead atoms. The summed E-state index contributed by atoms with van der Waals surface area (Å²) in [4.78, 5) is 3.37. The van der Waals surface area contributed by atoms with Crippen LogP contribution in [0.5, 0.6) is 0 Å². The molecule has 1 aromatic heterocycles. The molecule has 0 saturated carbocycles. The van der Waals surface area contributed by atoms with Gasteiger partial charge in [0.25, 0.3) is 10.0 Å². The SMILES string of the molecule is Cc1cc(Cl)nc(Cl)c1NS(=O)(=O)c1cccc(F)c1N. The Bertz CT molecular complexity index is 789. The third-order valence-corrected chi connectivity index (χ3v) is 4.56. The van der Waals surface area contributed by atoms with E-state index < -0.39 is 21.5 Å². The average molecular weight is 350 g/mol. The molecule has 2 rings (SSSR count). The van der Waals surface area contributed by atoms with Gasteiger partial charge in [-0.2, -0.15) is 0 Å². The van der Waals surface area contributed by atoms with Crippen molar-refractivity contribution in [3.63, 3.8) is 0 Å². The standard InChI is InChI=1S/C12H10Cl2FN3O2S/c1-6-5-9(13)17-12(14)11(6)18-21(19,20)8-4-2-3-7(15)10(8)16/h2-5,18H,16H2,1H3.